The zero-order valence-corrected chi connectivity index (χ0v) is 19.9. The van der Waals surface area contributed by atoms with Crippen LogP contribution in [0.1, 0.15) is 75.0 Å². The average molecular weight is 430 g/mol. The summed E-state index contributed by atoms with van der Waals surface area (Å²) in [6.07, 6.45) is 9.07. The van der Waals surface area contributed by atoms with Crippen LogP contribution in [-0.4, -0.2) is 44.3 Å². The molecule has 5 heteroatoms. The van der Waals surface area contributed by atoms with Gasteiger partial charge in [-0.1, -0.05) is 38.5 Å². The largest absolute Gasteiger partial charge is 0.354 e. The Bertz CT molecular complexity index is 1220. The minimum atomic E-state index is 0.427. The molecule has 4 aromatic rings. The highest BCUT2D eigenvalue weighted by molar-refractivity contribution is 5.92. The number of nitrogens with one attached hydrogen (secondary N) is 1. The molecule has 5 nitrogen and oxygen atoms in total. The maximum atomic E-state index is 4.24. The van der Waals surface area contributed by atoms with Crippen molar-refractivity contribution < 1.29 is 0 Å². The lowest BCUT2D eigenvalue weighted by Crippen LogP contribution is -2.33. The van der Waals surface area contributed by atoms with Gasteiger partial charge in [0.1, 0.15) is 0 Å². The number of aromatic amines is 1. The van der Waals surface area contributed by atoms with E-state index in [2.05, 4.69) is 78.4 Å². The van der Waals surface area contributed by atoms with Gasteiger partial charge >= 0.3 is 0 Å². The lowest BCUT2D eigenvalue weighted by Gasteiger charge is -2.32. The molecule has 1 aliphatic heterocycles. The maximum absolute atomic E-state index is 4.24. The maximum Gasteiger partial charge on any atom is 0.0894 e. The molecule has 0 radical (unpaired) electrons. The van der Waals surface area contributed by atoms with E-state index in [-0.39, 0.29) is 0 Å². The normalized spacial score (nSPS) is 16.0. The molecular weight excluding hydrogens is 394 g/mol. The Hall–Kier alpha value is -2.66. The van der Waals surface area contributed by atoms with Gasteiger partial charge in [-0.3, -0.25) is 0 Å². The van der Waals surface area contributed by atoms with Crippen LogP contribution in [0.5, 0.6) is 0 Å². The lowest BCUT2D eigenvalue weighted by molar-refractivity contribution is 0.210. The zero-order chi connectivity index (χ0) is 22.2. The Balaban J connectivity index is 1.50. The molecule has 168 valence electrons. The summed E-state index contributed by atoms with van der Waals surface area (Å²) >= 11 is 0. The fourth-order valence-corrected chi connectivity index (χ4v) is 5.42. The smallest absolute Gasteiger partial charge is 0.0894 e. The summed E-state index contributed by atoms with van der Waals surface area (Å²) in [6, 6.07) is 9.37. The lowest BCUT2D eigenvalue weighted by atomic mass is 9.87. The molecule has 0 atom stereocenters. The number of fused-ring (bicyclic) bond motifs is 2. The number of hydrogen-bond donors (Lipinski definition) is 1. The van der Waals surface area contributed by atoms with Gasteiger partial charge in [-0.2, -0.15) is 0 Å². The predicted molar refractivity (Wildman–Crippen MR) is 132 cm³/mol. The molecule has 1 aromatic carbocycles. The molecule has 0 aliphatic carbocycles. The number of pyridine rings is 1. The summed E-state index contributed by atoms with van der Waals surface area (Å²) in [5.74, 6) is 1.10. The van der Waals surface area contributed by atoms with Gasteiger partial charge in [-0.25, -0.2) is 4.52 Å². The van der Waals surface area contributed by atoms with Crippen LogP contribution >= 0.6 is 0 Å². The summed E-state index contributed by atoms with van der Waals surface area (Å²) in [7, 11) is 0. The molecule has 1 N–H and O–H groups in total. The molecule has 3 aromatic heterocycles. The van der Waals surface area contributed by atoms with Crippen molar-refractivity contribution in [2.75, 3.05) is 19.6 Å². The highest BCUT2D eigenvalue weighted by Crippen LogP contribution is 2.38. The van der Waals surface area contributed by atoms with Gasteiger partial charge < -0.3 is 9.88 Å². The minimum absolute atomic E-state index is 0.427. The van der Waals surface area contributed by atoms with Crippen molar-refractivity contribution in [1.29, 1.82) is 0 Å². The summed E-state index contributed by atoms with van der Waals surface area (Å²) in [4.78, 5) is 6.38. The Morgan fingerprint density at radius 2 is 1.97 bits per heavy atom. The van der Waals surface area contributed by atoms with Crippen LogP contribution in [-0.2, 0) is 0 Å². The molecule has 0 unspecified atom stereocenters. The van der Waals surface area contributed by atoms with Gasteiger partial charge in [0.2, 0.25) is 0 Å². The number of benzene rings is 1. The summed E-state index contributed by atoms with van der Waals surface area (Å²) in [5.41, 5.74) is 8.77. The van der Waals surface area contributed by atoms with Crippen molar-refractivity contribution in [3.05, 3.63) is 53.3 Å². The van der Waals surface area contributed by atoms with Gasteiger partial charge in [0.25, 0.3) is 0 Å². The Morgan fingerprint density at radius 1 is 1.16 bits per heavy atom. The van der Waals surface area contributed by atoms with Crippen molar-refractivity contribution in [2.45, 2.75) is 65.2 Å². The summed E-state index contributed by atoms with van der Waals surface area (Å²) in [6.45, 7) is 12.7. The molecule has 5 rings (SSSR count). The van der Waals surface area contributed by atoms with Crippen LogP contribution in [0.4, 0.5) is 0 Å². The molecule has 0 amide bonds. The number of nitrogens with zero attached hydrogens (tertiary/aromatic N) is 4. The van der Waals surface area contributed by atoms with Gasteiger partial charge in [-0.15, -0.1) is 5.10 Å². The van der Waals surface area contributed by atoms with Crippen molar-refractivity contribution in [1.82, 2.24) is 24.7 Å². The fourth-order valence-electron chi connectivity index (χ4n) is 5.42. The first-order chi connectivity index (χ1) is 15.5. The van der Waals surface area contributed by atoms with Gasteiger partial charge in [0.15, 0.2) is 0 Å². The number of hydrogen-bond acceptors (Lipinski definition) is 3. The number of piperidine rings is 1. The first-order valence-corrected chi connectivity index (χ1v) is 12.2. The Kier molecular flexibility index (Phi) is 5.76. The fraction of sp³-hybridized carbons (Fsp3) is 0.481. The monoisotopic (exact) mass is 429 g/mol. The summed E-state index contributed by atoms with van der Waals surface area (Å²) in [5, 5.41) is 9.70. The molecule has 32 heavy (non-hydrogen) atoms. The van der Waals surface area contributed by atoms with E-state index in [1.54, 1.807) is 0 Å². The van der Waals surface area contributed by atoms with Crippen molar-refractivity contribution in [2.24, 2.45) is 0 Å². The summed E-state index contributed by atoms with van der Waals surface area (Å²) < 4.78 is 1.89. The van der Waals surface area contributed by atoms with E-state index in [0.29, 0.717) is 11.8 Å². The van der Waals surface area contributed by atoms with E-state index >= 15 is 0 Å². The van der Waals surface area contributed by atoms with Crippen LogP contribution in [0.15, 0.2) is 36.7 Å². The average Bonchev–Trinajstić information content (AvgIpc) is 3.42. The first-order valence-electron chi connectivity index (χ1n) is 12.2. The van der Waals surface area contributed by atoms with Gasteiger partial charge in [0.05, 0.1) is 17.4 Å². The standard InChI is InChI=1S/C27H35N5/c1-5-6-11-31-12-9-20(10-13-31)21-7-8-24-23(15-21)26(18(2)3)27(29-24)22-14-19(4)25-16-28-30-32(25)17-22/h7-8,14-18,20,29H,5-6,9-13H2,1-4H3. The van der Waals surface area contributed by atoms with Gasteiger partial charge in [0, 0.05) is 22.7 Å². The number of rotatable bonds is 6. The van der Waals surface area contributed by atoms with Crippen LogP contribution in [0.3, 0.4) is 0 Å². The van der Waals surface area contributed by atoms with Crippen molar-refractivity contribution >= 4 is 16.4 Å². The van der Waals surface area contributed by atoms with E-state index in [9.17, 15) is 0 Å². The SMILES string of the molecule is CCCCN1CCC(c2ccc3[nH]c(-c4cc(C)c5cnnn5c4)c(C(C)C)c3c2)CC1. The number of likely N-dealkylation sites (tertiary alicyclic amines) is 1. The van der Waals surface area contributed by atoms with Crippen molar-refractivity contribution in [3.8, 4) is 11.3 Å². The Morgan fingerprint density at radius 3 is 2.72 bits per heavy atom. The van der Waals surface area contributed by atoms with Crippen LogP contribution in [0, 0.1) is 6.92 Å². The van der Waals surface area contributed by atoms with Gasteiger partial charge in [-0.05, 0) is 92.5 Å². The second-order valence-electron chi connectivity index (χ2n) is 9.82. The van der Waals surface area contributed by atoms with Crippen LogP contribution < -0.4 is 0 Å². The highest BCUT2D eigenvalue weighted by atomic mass is 15.4. The first kappa shape index (κ1) is 21.2. The molecule has 0 saturated carbocycles. The topological polar surface area (TPSA) is 49.2 Å². The minimum Gasteiger partial charge on any atom is -0.354 e. The number of aromatic nitrogens is 4. The molecule has 0 spiro atoms. The van der Waals surface area contributed by atoms with E-state index in [4.69, 9.17) is 0 Å². The third-order valence-corrected chi connectivity index (χ3v) is 7.23. The Labute approximate surface area is 190 Å². The second kappa shape index (κ2) is 8.70. The van der Waals surface area contributed by atoms with E-state index in [1.165, 1.54) is 84.2 Å². The molecular formula is C27H35N5. The predicted octanol–water partition coefficient (Wildman–Crippen LogP) is 6.29. The molecule has 0 bridgehead atoms. The van der Waals surface area contributed by atoms with Crippen molar-refractivity contribution in [3.63, 3.8) is 0 Å². The molecule has 1 saturated heterocycles. The second-order valence-corrected chi connectivity index (χ2v) is 9.82. The van der Waals surface area contributed by atoms with E-state index in [0.717, 1.165) is 5.52 Å². The molecule has 4 heterocycles. The number of unbranched alkanes of at least 4 members (excludes halogenated alkanes) is 1. The third kappa shape index (κ3) is 3.83. The quantitative estimate of drug-likeness (QED) is 0.392. The zero-order valence-electron chi connectivity index (χ0n) is 19.9. The number of H-pyrrole nitrogens is 1. The van der Waals surface area contributed by atoms with E-state index < -0.39 is 0 Å². The molecule has 1 fully saturated rings. The van der Waals surface area contributed by atoms with E-state index in [1.807, 2.05) is 10.7 Å². The molecule has 1 aliphatic rings. The van der Waals surface area contributed by atoms with Crippen LogP contribution in [0.2, 0.25) is 0 Å². The number of aryl methyl sites for hydroxylation is 1. The third-order valence-electron chi connectivity index (χ3n) is 7.23. The highest BCUT2D eigenvalue weighted by Gasteiger charge is 2.23. The van der Waals surface area contributed by atoms with Crippen LogP contribution in [0.25, 0.3) is 27.7 Å².